The van der Waals surface area contributed by atoms with Crippen molar-refractivity contribution in [1.29, 1.82) is 0 Å². The Kier molecular flexibility index (Phi) is 8.14. The van der Waals surface area contributed by atoms with Crippen LogP contribution in [-0.4, -0.2) is 63.9 Å². The van der Waals surface area contributed by atoms with Gasteiger partial charge in [0.25, 0.3) is 5.91 Å². The number of methoxy groups -OCH3 is 2. The molecule has 1 fully saturated rings. The van der Waals surface area contributed by atoms with Crippen molar-refractivity contribution < 1.29 is 29.0 Å². The first-order valence-corrected chi connectivity index (χ1v) is 12.6. The van der Waals surface area contributed by atoms with Gasteiger partial charge in [-0.1, -0.05) is 48.2 Å². The van der Waals surface area contributed by atoms with E-state index in [2.05, 4.69) is 10.3 Å². The first-order chi connectivity index (χ1) is 17.8. The number of nitrogens with zero attached hydrogens (tertiary/aromatic N) is 1. The normalized spacial score (nSPS) is 15.3. The van der Waals surface area contributed by atoms with Crippen molar-refractivity contribution in [2.75, 3.05) is 20.8 Å². The van der Waals surface area contributed by atoms with Crippen molar-refractivity contribution in [1.82, 2.24) is 15.2 Å². The number of H-pyrrole nitrogens is 1. The minimum absolute atomic E-state index is 0.0409. The number of para-hydroxylation sites is 1. The summed E-state index contributed by atoms with van der Waals surface area (Å²) in [5.41, 5.74) is 2.42. The second-order valence-corrected chi connectivity index (χ2v) is 9.90. The number of ether oxygens (including phenoxy) is 2. The van der Waals surface area contributed by atoms with Crippen molar-refractivity contribution >= 4 is 63.1 Å². The average molecular weight is 540 g/mol. The number of aliphatic carboxylic acids is 1. The van der Waals surface area contributed by atoms with Gasteiger partial charge in [0.2, 0.25) is 5.91 Å². The van der Waals surface area contributed by atoms with Gasteiger partial charge in [0.15, 0.2) is 11.5 Å². The minimum Gasteiger partial charge on any atom is -0.493 e. The lowest BCUT2D eigenvalue weighted by Gasteiger charge is -2.17. The van der Waals surface area contributed by atoms with Crippen LogP contribution in [-0.2, 0) is 20.8 Å². The molecule has 0 saturated carbocycles. The number of carbonyl (C=O) groups is 3. The fourth-order valence-corrected chi connectivity index (χ4v) is 5.30. The molecule has 11 heteroatoms. The molecule has 37 heavy (non-hydrogen) atoms. The van der Waals surface area contributed by atoms with Gasteiger partial charge in [0.05, 0.1) is 19.1 Å². The predicted molar refractivity (Wildman–Crippen MR) is 146 cm³/mol. The summed E-state index contributed by atoms with van der Waals surface area (Å²) >= 11 is 6.50. The Morgan fingerprint density at radius 2 is 1.95 bits per heavy atom. The van der Waals surface area contributed by atoms with Crippen LogP contribution in [0.3, 0.4) is 0 Å². The van der Waals surface area contributed by atoms with Crippen LogP contribution in [0.1, 0.15) is 17.5 Å². The average Bonchev–Trinajstić information content (AvgIpc) is 3.41. The molecule has 2 aromatic carbocycles. The van der Waals surface area contributed by atoms with Gasteiger partial charge in [0, 0.05) is 36.5 Å². The molecular formula is C26H25N3O6S2. The number of nitrogens with one attached hydrogen (secondary N) is 2. The first-order valence-electron chi connectivity index (χ1n) is 11.3. The van der Waals surface area contributed by atoms with E-state index in [4.69, 9.17) is 21.7 Å². The highest BCUT2D eigenvalue weighted by molar-refractivity contribution is 8.26. The second kappa shape index (κ2) is 11.5. The summed E-state index contributed by atoms with van der Waals surface area (Å²) < 4.78 is 10.9. The number of aromatic amines is 1. The van der Waals surface area contributed by atoms with Gasteiger partial charge in [-0.05, 0) is 35.4 Å². The van der Waals surface area contributed by atoms with Gasteiger partial charge in [-0.3, -0.25) is 14.5 Å². The van der Waals surface area contributed by atoms with E-state index >= 15 is 0 Å². The highest BCUT2D eigenvalue weighted by atomic mass is 32.2. The molecule has 3 N–H and O–H groups in total. The zero-order valence-electron chi connectivity index (χ0n) is 20.1. The van der Waals surface area contributed by atoms with Gasteiger partial charge in [0.1, 0.15) is 10.4 Å². The predicted octanol–water partition coefficient (Wildman–Crippen LogP) is 3.59. The Morgan fingerprint density at radius 3 is 2.68 bits per heavy atom. The topological polar surface area (TPSA) is 121 Å². The fourth-order valence-electron chi connectivity index (χ4n) is 3.99. The summed E-state index contributed by atoms with van der Waals surface area (Å²) in [6.45, 7) is 0.0409. The van der Waals surface area contributed by atoms with E-state index < -0.39 is 17.9 Å². The van der Waals surface area contributed by atoms with Gasteiger partial charge >= 0.3 is 5.97 Å². The molecule has 2 heterocycles. The van der Waals surface area contributed by atoms with Crippen LogP contribution >= 0.6 is 24.0 Å². The summed E-state index contributed by atoms with van der Waals surface area (Å²) in [5, 5.41) is 13.1. The number of carboxylic acid groups (broad SMARTS) is 1. The van der Waals surface area contributed by atoms with Gasteiger partial charge in [-0.25, -0.2) is 4.79 Å². The maximum Gasteiger partial charge on any atom is 0.326 e. The molecule has 2 amide bonds. The van der Waals surface area contributed by atoms with Gasteiger partial charge < -0.3 is 24.9 Å². The Bertz CT molecular complexity index is 1400. The van der Waals surface area contributed by atoms with Crippen LogP contribution in [0.25, 0.3) is 17.0 Å². The first kappa shape index (κ1) is 26.2. The number of benzene rings is 2. The van der Waals surface area contributed by atoms with E-state index in [9.17, 15) is 19.5 Å². The molecule has 9 nitrogen and oxygen atoms in total. The van der Waals surface area contributed by atoms with Crippen LogP contribution in [0.5, 0.6) is 11.5 Å². The monoisotopic (exact) mass is 539 g/mol. The molecule has 1 atom stereocenters. The fraction of sp³-hybridized carbons (Fsp3) is 0.231. The molecule has 4 rings (SSSR count). The summed E-state index contributed by atoms with van der Waals surface area (Å²) in [7, 11) is 3.07. The molecule has 1 aliphatic rings. The number of hydrogen-bond acceptors (Lipinski definition) is 7. The van der Waals surface area contributed by atoms with Crippen LogP contribution in [0.15, 0.2) is 53.6 Å². The van der Waals surface area contributed by atoms with E-state index in [0.29, 0.717) is 20.7 Å². The van der Waals surface area contributed by atoms with Gasteiger partial charge in [-0.15, -0.1) is 0 Å². The molecule has 1 saturated heterocycles. The van der Waals surface area contributed by atoms with Crippen molar-refractivity contribution in [3.8, 4) is 11.5 Å². The Balaban J connectivity index is 1.38. The second-order valence-electron chi connectivity index (χ2n) is 8.22. The number of aromatic nitrogens is 1. The number of amides is 2. The molecule has 0 aliphatic carbocycles. The summed E-state index contributed by atoms with van der Waals surface area (Å²) in [5.74, 6) is -0.829. The van der Waals surface area contributed by atoms with Crippen molar-refractivity contribution in [2.45, 2.75) is 18.9 Å². The number of hydrogen-bond donors (Lipinski definition) is 3. The summed E-state index contributed by atoms with van der Waals surface area (Å²) in [6.07, 6.45) is 3.48. The van der Waals surface area contributed by atoms with E-state index in [-0.39, 0.29) is 25.3 Å². The largest absolute Gasteiger partial charge is 0.493 e. The number of carbonyl (C=O) groups excluding carboxylic acids is 2. The lowest BCUT2D eigenvalue weighted by atomic mass is 10.0. The van der Waals surface area contributed by atoms with Crippen LogP contribution in [0.2, 0.25) is 0 Å². The zero-order chi connectivity index (χ0) is 26.5. The number of rotatable bonds is 10. The maximum atomic E-state index is 12.9. The van der Waals surface area contributed by atoms with E-state index in [1.54, 1.807) is 37.6 Å². The molecule has 3 aromatic rings. The third kappa shape index (κ3) is 5.95. The smallest absolute Gasteiger partial charge is 0.326 e. The minimum atomic E-state index is -1.14. The van der Waals surface area contributed by atoms with Crippen LogP contribution < -0.4 is 14.8 Å². The highest BCUT2D eigenvalue weighted by Crippen LogP contribution is 2.34. The number of thioether (sulfide) groups is 1. The van der Waals surface area contributed by atoms with Crippen molar-refractivity contribution in [2.24, 2.45) is 0 Å². The standard InChI is InChI=1S/C26H25N3O6S2/c1-34-20-8-7-15(11-21(20)35-2)12-22-24(31)29(26(36)37-22)10-9-23(30)28-19(25(32)33)13-16-14-27-18-6-4-3-5-17(16)18/h3-8,11-12,14,19,27H,9-10,13H2,1-2H3,(H,28,30)(H,32,33). The SMILES string of the molecule is COc1ccc(C=C2SC(=S)N(CCC(=O)NC(Cc3c[nH]c4ccccc34)C(=O)O)C2=O)cc1OC. The highest BCUT2D eigenvalue weighted by Gasteiger charge is 2.32. The molecule has 0 bridgehead atoms. The van der Waals surface area contributed by atoms with Crippen LogP contribution in [0.4, 0.5) is 0 Å². The summed E-state index contributed by atoms with van der Waals surface area (Å²) in [6, 6.07) is 11.7. The molecule has 1 aliphatic heterocycles. The third-order valence-electron chi connectivity index (χ3n) is 5.87. The maximum absolute atomic E-state index is 12.9. The molecule has 1 unspecified atom stereocenters. The molecule has 0 spiro atoms. The van der Waals surface area contributed by atoms with Crippen molar-refractivity contribution in [3.63, 3.8) is 0 Å². The molecular weight excluding hydrogens is 514 g/mol. The van der Waals surface area contributed by atoms with E-state index in [0.717, 1.165) is 33.8 Å². The molecule has 0 radical (unpaired) electrons. The lowest BCUT2D eigenvalue weighted by molar-refractivity contribution is -0.141. The van der Waals surface area contributed by atoms with E-state index in [1.165, 1.54) is 12.0 Å². The van der Waals surface area contributed by atoms with Crippen molar-refractivity contribution in [3.05, 3.63) is 64.7 Å². The lowest BCUT2D eigenvalue weighted by Crippen LogP contribution is -2.43. The Labute approximate surface area is 222 Å². The Morgan fingerprint density at radius 1 is 1.19 bits per heavy atom. The van der Waals surface area contributed by atoms with E-state index in [1.807, 2.05) is 24.3 Å². The number of fused-ring (bicyclic) bond motifs is 1. The van der Waals surface area contributed by atoms with Crippen LogP contribution in [0, 0.1) is 0 Å². The zero-order valence-corrected chi connectivity index (χ0v) is 21.8. The van der Waals surface area contributed by atoms with Gasteiger partial charge in [-0.2, -0.15) is 0 Å². The number of carboxylic acids is 1. The quantitative estimate of drug-likeness (QED) is 0.264. The Hall–Kier alpha value is -3.83. The third-order valence-corrected chi connectivity index (χ3v) is 7.25. The molecule has 1 aromatic heterocycles. The number of thiocarbonyl (C=S) groups is 1. The summed E-state index contributed by atoms with van der Waals surface area (Å²) in [4.78, 5) is 42.3. The molecule has 192 valence electrons.